The number of nitrogens with one attached hydrogen (secondary N) is 4. The first-order chi connectivity index (χ1) is 18.0. The van der Waals surface area contributed by atoms with Gasteiger partial charge in [-0.2, -0.15) is 13.2 Å². The lowest BCUT2D eigenvalue weighted by Crippen LogP contribution is -2.28. The number of likely N-dealkylation sites (N-methyl/N-ethyl adjacent to an activating group) is 2. The zero-order valence-corrected chi connectivity index (χ0v) is 21.7. The number of alkyl halides is 3. The van der Waals surface area contributed by atoms with E-state index in [1.807, 2.05) is 19.0 Å². The molecule has 1 amide bonds. The molecule has 0 unspecified atom stereocenters. The molecule has 0 saturated heterocycles. The Bertz CT molecular complexity index is 1300. The van der Waals surface area contributed by atoms with Crippen molar-refractivity contribution in [1.82, 2.24) is 15.3 Å². The second-order valence-electron chi connectivity index (χ2n) is 8.02. The lowest BCUT2D eigenvalue weighted by molar-refractivity contribution is -0.137. The SMILES string of the molecule is C=CC(=O)Nc1cc(Nc2cc(Nc3ccc(C(F)(F)F)c(Cl)c3)ncn2)c(OC)cc1N(C)CCNC. The molecular formula is C25H27ClF3N7O2. The predicted octanol–water partition coefficient (Wildman–Crippen LogP) is 5.42. The van der Waals surface area contributed by atoms with Crippen LogP contribution in [0.3, 0.4) is 0 Å². The maximum Gasteiger partial charge on any atom is 0.417 e. The molecule has 3 rings (SSSR count). The summed E-state index contributed by atoms with van der Waals surface area (Å²) in [6, 6.07) is 8.35. The largest absolute Gasteiger partial charge is 0.494 e. The molecule has 0 radical (unpaired) electrons. The van der Waals surface area contributed by atoms with E-state index in [-0.39, 0.29) is 5.91 Å². The molecule has 1 heterocycles. The number of ether oxygens (including phenoxy) is 1. The summed E-state index contributed by atoms with van der Waals surface area (Å²) >= 11 is 5.81. The zero-order chi connectivity index (χ0) is 27.9. The molecule has 0 fully saturated rings. The standard InChI is InChI=1S/C25H27ClF3N7O2/c1-5-24(37)35-18-11-19(21(38-4)12-20(18)36(3)9-8-30-2)34-23-13-22(31-14-32-23)33-15-6-7-16(17(26)10-15)25(27,28)29/h5-7,10-14,30H,1,8-9H2,2-4H3,(H,35,37)(H2,31,32,33,34). The van der Waals surface area contributed by atoms with Gasteiger partial charge in [-0.3, -0.25) is 4.79 Å². The van der Waals surface area contributed by atoms with E-state index in [1.54, 1.807) is 18.2 Å². The van der Waals surface area contributed by atoms with Crippen molar-refractivity contribution in [3.63, 3.8) is 0 Å². The third kappa shape index (κ3) is 7.26. The smallest absolute Gasteiger partial charge is 0.417 e. The van der Waals surface area contributed by atoms with Crippen LogP contribution < -0.4 is 30.9 Å². The Morgan fingerprint density at radius 3 is 2.45 bits per heavy atom. The van der Waals surface area contributed by atoms with Gasteiger partial charge < -0.3 is 30.9 Å². The van der Waals surface area contributed by atoms with Crippen LogP contribution in [0.25, 0.3) is 0 Å². The molecule has 0 aliphatic heterocycles. The minimum absolute atomic E-state index is 0.306. The van der Waals surface area contributed by atoms with Crippen LogP contribution in [0, 0.1) is 0 Å². The van der Waals surface area contributed by atoms with Crippen LogP contribution in [0.2, 0.25) is 5.02 Å². The van der Waals surface area contributed by atoms with Crippen LogP contribution in [0.5, 0.6) is 5.75 Å². The lowest BCUT2D eigenvalue weighted by atomic mass is 10.2. The number of amides is 1. The van der Waals surface area contributed by atoms with E-state index >= 15 is 0 Å². The van der Waals surface area contributed by atoms with Gasteiger partial charge in [0.25, 0.3) is 0 Å². The average molecular weight is 550 g/mol. The lowest BCUT2D eigenvalue weighted by Gasteiger charge is -2.24. The van der Waals surface area contributed by atoms with Crippen molar-refractivity contribution in [2.24, 2.45) is 0 Å². The van der Waals surface area contributed by atoms with Gasteiger partial charge in [0, 0.05) is 38.0 Å². The minimum atomic E-state index is -4.55. The Morgan fingerprint density at radius 2 is 1.84 bits per heavy atom. The molecule has 0 aliphatic rings. The van der Waals surface area contributed by atoms with Crippen LogP contribution in [-0.4, -0.2) is 50.2 Å². The van der Waals surface area contributed by atoms with Crippen molar-refractivity contribution in [2.75, 3.05) is 55.1 Å². The Hall–Kier alpha value is -4.03. The summed E-state index contributed by atoms with van der Waals surface area (Å²) in [6.45, 7) is 4.89. The van der Waals surface area contributed by atoms with Crippen molar-refractivity contribution < 1.29 is 22.7 Å². The fourth-order valence-electron chi connectivity index (χ4n) is 3.44. The molecule has 0 saturated carbocycles. The van der Waals surface area contributed by atoms with Gasteiger partial charge in [-0.05, 0) is 37.4 Å². The molecular weight excluding hydrogens is 523 g/mol. The normalized spacial score (nSPS) is 11.0. The molecule has 0 bridgehead atoms. The Labute approximate surface area is 223 Å². The molecule has 1 aromatic heterocycles. The molecule has 13 heteroatoms. The number of hydrogen-bond acceptors (Lipinski definition) is 8. The summed E-state index contributed by atoms with van der Waals surface area (Å²) < 4.78 is 44.6. The highest BCUT2D eigenvalue weighted by Crippen LogP contribution is 2.39. The van der Waals surface area contributed by atoms with Crippen LogP contribution in [0.4, 0.5) is 47.6 Å². The highest BCUT2D eigenvalue weighted by Gasteiger charge is 2.33. The van der Waals surface area contributed by atoms with Gasteiger partial charge in [0.1, 0.15) is 23.7 Å². The molecule has 3 aromatic rings. The van der Waals surface area contributed by atoms with Gasteiger partial charge in [-0.25, -0.2) is 9.97 Å². The quantitative estimate of drug-likeness (QED) is 0.235. The number of halogens is 4. The molecule has 4 N–H and O–H groups in total. The number of methoxy groups -OCH3 is 1. The van der Waals surface area contributed by atoms with E-state index in [0.717, 1.165) is 11.8 Å². The van der Waals surface area contributed by atoms with Gasteiger partial charge in [0.15, 0.2) is 0 Å². The van der Waals surface area contributed by atoms with Crippen LogP contribution >= 0.6 is 11.6 Å². The fraction of sp³-hybridized carbons (Fsp3) is 0.240. The van der Waals surface area contributed by atoms with Crippen molar-refractivity contribution in [2.45, 2.75) is 6.18 Å². The van der Waals surface area contributed by atoms with Gasteiger partial charge in [0.05, 0.1) is 34.8 Å². The summed E-state index contributed by atoms with van der Waals surface area (Å²) in [5.74, 6) is 0.764. The third-order valence-corrected chi connectivity index (χ3v) is 5.66. The van der Waals surface area contributed by atoms with E-state index in [9.17, 15) is 18.0 Å². The van der Waals surface area contributed by atoms with E-state index in [2.05, 4.69) is 37.8 Å². The van der Waals surface area contributed by atoms with Crippen molar-refractivity contribution in [1.29, 1.82) is 0 Å². The first-order valence-electron chi connectivity index (χ1n) is 11.3. The number of carbonyl (C=O) groups is 1. The number of aromatic nitrogens is 2. The third-order valence-electron chi connectivity index (χ3n) is 5.35. The van der Waals surface area contributed by atoms with E-state index in [1.165, 1.54) is 31.6 Å². The van der Waals surface area contributed by atoms with E-state index in [0.29, 0.717) is 47.5 Å². The topological polar surface area (TPSA) is 103 Å². The number of anilines is 6. The minimum Gasteiger partial charge on any atom is -0.494 e. The number of hydrogen-bond donors (Lipinski definition) is 4. The Morgan fingerprint density at radius 1 is 1.13 bits per heavy atom. The zero-order valence-electron chi connectivity index (χ0n) is 20.9. The van der Waals surface area contributed by atoms with Crippen molar-refractivity contribution in [3.8, 4) is 5.75 Å². The summed E-state index contributed by atoms with van der Waals surface area (Å²) in [5, 5.41) is 11.5. The molecule has 9 nitrogen and oxygen atoms in total. The average Bonchev–Trinajstić information content (AvgIpc) is 2.86. The maximum atomic E-state index is 13.0. The highest BCUT2D eigenvalue weighted by atomic mass is 35.5. The summed E-state index contributed by atoms with van der Waals surface area (Å²) in [4.78, 5) is 22.4. The summed E-state index contributed by atoms with van der Waals surface area (Å²) in [7, 11) is 5.25. The number of benzene rings is 2. The maximum absolute atomic E-state index is 13.0. The second-order valence-corrected chi connectivity index (χ2v) is 8.43. The number of nitrogens with zero attached hydrogens (tertiary/aromatic N) is 3. The van der Waals surface area contributed by atoms with Crippen molar-refractivity contribution >= 4 is 51.9 Å². The Kier molecular flexibility index (Phi) is 9.37. The molecule has 38 heavy (non-hydrogen) atoms. The molecule has 0 atom stereocenters. The molecule has 202 valence electrons. The Balaban J connectivity index is 1.90. The number of rotatable bonds is 11. The first kappa shape index (κ1) is 28.5. The number of carbonyl (C=O) groups excluding carboxylic acids is 1. The van der Waals surface area contributed by atoms with E-state index in [4.69, 9.17) is 16.3 Å². The van der Waals surface area contributed by atoms with Gasteiger partial charge >= 0.3 is 6.18 Å². The molecule has 2 aromatic carbocycles. The van der Waals surface area contributed by atoms with E-state index < -0.39 is 16.8 Å². The van der Waals surface area contributed by atoms with Gasteiger partial charge in [0.2, 0.25) is 5.91 Å². The fourth-order valence-corrected chi connectivity index (χ4v) is 3.73. The van der Waals surface area contributed by atoms with Gasteiger partial charge in [-0.15, -0.1) is 0 Å². The van der Waals surface area contributed by atoms with Crippen molar-refractivity contribution in [3.05, 3.63) is 66.0 Å². The first-order valence-corrected chi connectivity index (χ1v) is 11.7. The second kappa shape index (κ2) is 12.5. The predicted molar refractivity (Wildman–Crippen MR) is 144 cm³/mol. The van der Waals surface area contributed by atoms with Crippen LogP contribution in [0.1, 0.15) is 5.56 Å². The molecule has 0 spiro atoms. The summed E-state index contributed by atoms with van der Waals surface area (Å²) in [5.41, 5.74) is 1.13. The van der Waals surface area contributed by atoms with Crippen LogP contribution in [-0.2, 0) is 11.0 Å². The van der Waals surface area contributed by atoms with Crippen LogP contribution in [0.15, 0.2) is 55.4 Å². The monoisotopic (exact) mass is 549 g/mol. The summed E-state index contributed by atoms with van der Waals surface area (Å²) in [6.07, 6.45) is -2.10. The van der Waals surface area contributed by atoms with Gasteiger partial charge in [-0.1, -0.05) is 18.2 Å². The molecule has 0 aliphatic carbocycles. The highest BCUT2D eigenvalue weighted by molar-refractivity contribution is 6.31.